The topological polar surface area (TPSA) is 225 Å². The van der Waals surface area contributed by atoms with E-state index in [1.807, 2.05) is 0 Å². The van der Waals surface area contributed by atoms with Gasteiger partial charge in [0, 0.05) is 24.4 Å². The first-order valence-electron chi connectivity index (χ1n) is 14.9. The molecular formula is C29H36N7O10P. The van der Waals surface area contributed by atoms with Gasteiger partial charge in [-0.05, 0) is 38.1 Å². The average molecular weight is 674 g/mol. The van der Waals surface area contributed by atoms with E-state index < -0.39 is 50.4 Å². The van der Waals surface area contributed by atoms with Gasteiger partial charge >= 0.3 is 13.7 Å². The number of aromatic nitrogens is 5. The SMILES string of the molecule is COc1nc(N)nc2c1ncn2C1O[C@H](COP(=O)(NC(C)C(=O)OC2CCOCC2)Oc2cccc3ncccc23)[C@@H](O)[C@@]1(C)O. The molecule has 0 saturated carbocycles. The van der Waals surface area contributed by atoms with Gasteiger partial charge in [-0.3, -0.25) is 18.9 Å². The van der Waals surface area contributed by atoms with Crippen molar-refractivity contribution in [2.75, 3.05) is 32.7 Å². The van der Waals surface area contributed by atoms with Crippen molar-refractivity contribution in [3.05, 3.63) is 42.9 Å². The molecule has 2 fully saturated rings. The molecule has 5 N–H and O–H groups in total. The quantitative estimate of drug-likeness (QED) is 0.132. The molecule has 2 aliphatic heterocycles. The van der Waals surface area contributed by atoms with Crippen LogP contribution in [-0.4, -0.2) is 97.6 Å². The summed E-state index contributed by atoms with van der Waals surface area (Å²) >= 11 is 0. The molecule has 0 amide bonds. The second-order valence-corrected chi connectivity index (χ2v) is 13.1. The molecule has 47 heavy (non-hydrogen) atoms. The molecule has 3 unspecified atom stereocenters. The van der Waals surface area contributed by atoms with Gasteiger partial charge in [-0.15, -0.1) is 0 Å². The molecule has 18 heteroatoms. The van der Waals surface area contributed by atoms with Crippen molar-refractivity contribution in [2.24, 2.45) is 0 Å². The van der Waals surface area contributed by atoms with Crippen LogP contribution in [0, 0.1) is 0 Å². The average Bonchev–Trinajstić information content (AvgIpc) is 3.57. The van der Waals surface area contributed by atoms with Gasteiger partial charge in [0.1, 0.15) is 35.7 Å². The molecule has 5 heterocycles. The lowest BCUT2D eigenvalue weighted by Crippen LogP contribution is -2.44. The van der Waals surface area contributed by atoms with Crippen LogP contribution in [0.3, 0.4) is 0 Å². The first-order valence-corrected chi connectivity index (χ1v) is 16.5. The summed E-state index contributed by atoms with van der Waals surface area (Å²) in [6.07, 6.45) is -0.318. The first kappa shape index (κ1) is 33.0. The monoisotopic (exact) mass is 673 g/mol. The third-order valence-electron chi connectivity index (χ3n) is 8.00. The number of carbonyl (C=O) groups is 1. The number of nitrogens with zero attached hydrogens (tertiary/aromatic N) is 5. The number of hydrogen-bond acceptors (Lipinski definition) is 15. The van der Waals surface area contributed by atoms with Crippen molar-refractivity contribution in [3.8, 4) is 11.6 Å². The summed E-state index contributed by atoms with van der Waals surface area (Å²) < 4.78 is 49.8. The van der Waals surface area contributed by atoms with E-state index in [-0.39, 0.29) is 34.8 Å². The fraction of sp³-hybridized carbons (Fsp3) is 0.483. The molecule has 6 rings (SSSR count). The van der Waals surface area contributed by atoms with E-state index in [2.05, 4.69) is 25.0 Å². The van der Waals surface area contributed by atoms with Gasteiger partial charge in [0.2, 0.25) is 11.8 Å². The van der Waals surface area contributed by atoms with Crippen molar-refractivity contribution in [1.29, 1.82) is 0 Å². The number of anilines is 1. The van der Waals surface area contributed by atoms with Gasteiger partial charge in [-0.25, -0.2) is 9.55 Å². The normalized spacial score (nSPS) is 25.4. The Labute approximate surface area is 268 Å². The summed E-state index contributed by atoms with van der Waals surface area (Å²) in [6.45, 7) is 3.24. The smallest absolute Gasteiger partial charge is 0.459 e. The molecule has 0 radical (unpaired) electrons. The van der Waals surface area contributed by atoms with E-state index in [4.69, 9.17) is 33.7 Å². The number of carbonyl (C=O) groups excluding carboxylic acids is 1. The Bertz CT molecular complexity index is 1790. The van der Waals surface area contributed by atoms with Gasteiger partial charge in [-0.1, -0.05) is 6.07 Å². The number of nitrogens with one attached hydrogen (secondary N) is 1. The highest BCUT2D eigenvalue weighted by atomic mass is 31.2. The highest BCUT2D eigenvalue weighted by Crippen LogP contribution is 2.48. The van der Waals surface area contributed by atoms with Crippen LogP contribution in [-0.2, 0) is 28.1 Å². The number of methoxy groups -OCH3 is 1. The number of nitrogen functional groups attached to an aromatic ring is 1. The fourth-order valence-electron chi connectivity index (χ4n) is 5.49. The van der Waals surface area contributed by atoms with Crippen LogP contribution >= 0.6 is 7.75 Å². The third-order valence-corrected chi connectivity index (χ3v) is 9.63. The van der Waals surface area contributed by atoms with Gasteiger partial charge in [0.15, 0.2) is 17.4 Å². The Balaban J connectivity index is 1.24. The molecule has 17 nitrogen and oxygen atoms in total. The minimum atomic E-state index is -4.41. The molecule has 0 aliphatic carbocycles. The lowest BCUT2D eigenvalue weighted by molar-refractivity contribution is -0.154. The Kier molecular flexibility index (Phi) is 9.31. The van der Waals surface area contributed by atoms with Crippen LogP contribution in [0.4, 0.5) is 5.95 Å². The number of benzene rings is 1. The number of aliphatic hydroxyl groups is 2. The van der Waals surface area contributed by atoms with Crippen LogP contribution in [0.25, 0.3) is 22.1 Å². The van der Waals surface area contributed by atoms with Crippen molar-refractivity contribution in [2.45, 2.75) is 62.9 Å². The van der Waals surface area contributed by atoms with E-state index >= 15 is 0 Å². The summed E-state index contributed by atoms with van der Waals surface area (Å²) in [4.78, 5) is 29.8. The molecule has 1 aromatic carbocycles. The predicted octanol–water partition coefficient (Wildman–Crippen LogP) is 1.88. The van der Waals surface area contributed by atoms with Gasteiger partial charge in [-0.2, -0.15) is 15.1 Å². The molecule has 2 saturated heterocycles. The second kappa shape index (κ2) is 13.3. The molecule has 252 valence electrons. The molecule has 2 aliphatic rings. The van der Waals surface area contributed by atoms with Crippen molar-refractivity contribution in [1.82, 2.24) is 29.6 Å². The lowest BCUT2D eigenvalue weighted by atomic mass is 9.96. The maximum Gasteiger partial charge on any atom is 0.459 e. The Hall–Kier alpha value is -3.96. The van der Waals surface area contributed by atoms with Crippen molar-refractivity contribution in [3.63, 3.8) is 0 Å². The summed E-state index contributed by atoms with van der Waals surface area (Å²) in [6, 6.07) is 7.32. The number of ether oxygens (including phenoxy) is 4. The maximum atomic E-state index is 14.4. The largest absolute Gasteiger partial charge is 0.479 e. The Morgan fingerprint density at radius 1 is 1.23 bits per heavy atom. The zero-order chi connectivity index (χ0) is 33.3. The maximum absolute atomic E-state index is 14.4. The van der Waals surface area contributed by atoms with E-state index in [0.717, 1.165) is 0 Å². The van der Waals surface area contributed by atoms with E-state index in [9.17, 15) is 19.6 Å². The molecule has 0 spiro atoms. The standard InChI is InChI=1S/C29H36N7O10P/c1-16(26(38)44-17-9-12-42-13-10-17)35-47(40,46-20-8-4-7-19-18(20)6-5-11-31-19)43-14-21-23(37)29(2,39)27(45-21)36-15-32-22-24(36)33-28(30)34-25(22)41-3/h4-8,11,15-17,21,23,27,37,39H,9-10,12-14H2,1-3H3,(H,35,40)(H2,30,33,34)/t16?,21-,23-,27?,29-,47?/m1/s1. The summed E-state index contributed by atoms with van der Waals surface area (Å²) in [5.74, 6) is -0.481. The highest BCUT2D eigenvalue weighted by Gasteiger charge is 2.54. The Morgan fingerprint density at radius 2 is 2.02 bits per heavy atom. The number of imidazole rings is 1. The number of pyridine rings is 1. The fourth-order valence-corrected chi connectivity index (χ4v) is 7.02. The summed E-state index contributed by atoms with van der Waals surface area (Å²) in [5.41, 5.74) is 4.95. The lowest BCUT2D eigenvalue weighted by Gasteiger charge is -2.28. The third kappa shape index (κ3) is 6.73. The zero-order valence-corrected chi connectivity index (χ0v) is 26.8. The highest BCUT2D eigenvalue weighted by molar-refractivity contribution is 7.52. The van der Waals surface area contributed by atoms with E-state index in [1.165, 1.54) is 31.9 Å². The summed E-state index contributed by atoms with van der Waals surface area (Å²) in [5, 5.41) is 25.8. The predicted molar refractivity (Wildman–Crippen MR) is 165 cm³/mol. The summed E-state index contributed by atoms with van der Waals surface area (Å²) in [7, 11) is -3.02. The zero-order valence-electron chi connectivity index (χ0n) is 25.9. The van der Waals surface area contributed by atoms with Crippen molar-refractivity contribution >= 4 is 41.7 Å². The van der Waals surface area contributed by atoms with Gasteiger partial charge < -0.3 is 39.4 Å². The van der Waals surface area contributed by atoms with Crippen molar-refractivity contribution < 1.29 is 47.6 Å². The number of hydrogen-bond donors (Lipinski definition) is 4. The van der Waals surface area contributed by atoms with Gasteiger partial charge in [0.05, 0.1) is 38.8 Å². The minimum Gasteiger partial charge on any atom is -0.479 e. The molecule has 0 bridgehead atoms. The number of fused-ring (bicyclic) bond motifs is 2. The number of esters is 1. The van der Waals surface area contributed by atoms with Crippen LogP contribution in [0.1, 0.15) is 32.9 Å². The molecule has 6 atom stereocenters. The number of aliphatic hydroxyl groups excluding tert-OH is 1. The molecule has 4 aromatic rings. The number of rotatable bonds is 11. The van der Waals surface area contributed by atoms with Crippen LogP contribution < -0.4 is 20.1 Å². The first-order chi connectivity index (χ1) is 22.5. The van der Waals surface area contributed by atoms with Crippen LogP contribution in [0.2, 0.25) is 0 Å². The van der Waals surface area contributed by atoms with E-state index in [1.54, 1.807) is 36.5 Å². The van der Waals surface area contributed by atoms with Crippen LogP contribution in [0.5, 0.6) is 11.6 Å². The second-order valence-electron chi connectivity index (χ2n) is 11.4. The van der Waals surface area contributed by atoms with Gasteiger partial charge in [0.25, 0.3) is 0 Å². The minimum absolute atomic E-state index is 0.105. The molecule has 3 aromatic heterocycles. The molecular weight excluding hydrogens is 637 g/mol. The van der Waals surface area contributed by atoms with Crippen LogP contribution in [0.15, 0.2) is 42.9 Å². The number of nitrogens with two attached hydrogens (primary N) is 1. The Morgan fingerprint density at radius 3 is 2.79 bits per heavy atom. The van der Waals surface area contributed by atoms with E-state index in [0.29, 0.717) is 37.0 Å².